The minimum absolute atomic E-state index is 0.0718. The average molecular weight is 146 g/mol. The molecule has 1 fully saturated rings. The molecule has 0 aromatic heterocycles. The molecule has 1 rings (SSSR count). The summed E-state index contributed by atoms with van der Waals surface area (Å²) in [4.78, 5) is 0. The van der Waals surface area contributed by atoms with Crippen LogP contribution in [0.3, 0.4) is 0 Å². The molecule has 3 heteroatoms. The Labute approximate surface area is 60.6 Å². The van der Waals surface area contributed by atoms with E-state index in [4.69, 9.17) is 9.84 Å². The summed E-state index contributed by atoms with van der Waals surface area (Å²) in [5.74, 6) is 0. The predicted octanol–water partition coefficient (Wildman–Crippen LogP) is -0.0929. The van der Waals surface area contributed by atoms with E-state index in [1.165, 1.54) is 0 Å². The van der Waals surface area contributed by atoms with Gasteiger partial charge in [-0.3, -0.25) is 0 Å². The fourth-order valence-electron chi connectivity index (χ4n) is 1.24. The molecule has 0 spiro atoms. The third-order valence-electron chi connectivity index (χ3n) is 1.94. The molecule has 0 amide bonds. The van der Waals surface area contributed by atoms with Crippen molar-refractivity contribution in [3.05, 3.63) is 0 Å². The highest BCUT2D eigenvalue weighted by Gasteiger charge is 2.31. The first-order valence-corrected chi connectivity index (χ1v) is 3.72. The predicted molar refractivity (Wildman–Crippen MR) is 36.7 cm³/mol. The molecule has 3 nitrogen and oxygen atoms in total. The van der Waals surface area contributed by atoms with Gasteiger partial charge in [-0.25, -0.2) is 0 Å². The molecule has 2 N–H and O–H groups in total. The highest BCUT2D eigenvalue weighted by molar-refractivity contribution is 4.80. The van der Waals surface area contributed by atoms with Crippen LogP contribution in [0.4, 0.5) is 0 Å². The van der Waals surface area contributed by atoms with E-state index in [2.05, 4.69) is 0 Å². The third kappa shape index (κ3) is 1.48. The SMILES string of the molecule is CC[C@H]1C[C@H](O)[C@@H](CO)O1. The number of ether oxygens (including phenoxy) is 1. The first kappa shape index (κ1) is 7.98. The molecule has 60 valence electrons. The summed E-state index contributed by atoms with van der Waals surface area (Å²) in [6.07, 6.45) is 0.919. The van der Waals surface area contributed by atoms with Crippen molar-refractivity contribution in [1.82, 2.24) is 0 Å². The van der Waals surface area contributed by atoms with E-state index in [0.29, 0.717) is 6.42 Å². The van der Waals surface area contributed by atoms with Crippen LogP contribution in [0.5, 0.6) is 0 Å². The second kappa shape index (κ2) is 3.32. The molecule has 0 saturated carbocycles. The summed E-state index contributed by atoms with van der Waals surface area (Å²) in [5, 5.41) is 17.9. The van der Waals surface area contributed by atoms with Crippen molar-refractivity contribution in [2.24, 2.45) is 0 Å². The molecular formula is C7H14O3. The van der Waals surface area contributed by atoms with Crippen LogP contribution in [0.15, 0.2) is 0 Å². The van der Waals surface area contributed by atoms with Crippen LogP contribution >= 0.6 is 0 Å². The zero-order valence-electron chi connectivity index (χ0n) is 6.16. The molecule has 0 aromatic carbocycles. The molecule has 1 aliphatic rings. The summed E-state index contributed by atoms with van der Waals surface area (Å²) in [6.45, 7) is 1.94. The molecular weight excluding hydrogens is 132 g/mol. The van der Waals surface area contributed by atoms with Crippen LogP contribution in [0.1, 0.15) is 19.8 Å². The quantitative estimate of drug-likeness (QED) is 0.572. The molecule has 10 heavy (non-hydrogen) atoms. The van der Waals surface area contributed by atoms with Crippen molar-refractivity contribution < 1.29 is 14.9 Å². The highest BCUT2D eigenvalue weighted by Crippen LogP contribution is 2.21. The fraction of sp³-hybridized carbons (Fsp3) is 1.00. The van der Waals surface area contributed by atoms with E-state index in [1.54, 1.807) is 0 Å². The van der Waals surface area contributed by atoms with Crippen molar-refractivity contribution in [2.45, 2.75) is 38.1 Å². The van der Waals surface area contributed by atoms with Crippen molar-refractivity contribution in [3.8, 4) is 0 Å². The van der Waals surface area contributed by atoms with Crippen molar-refractivity contribution >= 4 is 0 Å². The lowest BCUT2D eigenvalue weighted by Crippen LogP contribution is -2.24. The monoisotopic (exact) mass is 146 g/mol. The lowest BCUT2D eigenvalue weighted by atomic mass is 10.1. The fourth-order valence-corrected chi connectivity index (χ4v) is 1.24. The molecule has 1 saturated heterocycles. The van der Waals surface area contributed by atoms with Gasteiger partial charge >= 0.3 is 0 Å². The minimum Gasteiger partial charge on any atom is -0.394 e. The lowest BCUT2D eigenvalue weighted by molar-refractivity contribution is -0.0224. The van der Waals surface area contributed by atoms with Gasteiger partial charge in [0.1, 0.15) is 6.10 Å². The first-order valence-electron chi connectivity index (χ1n) is 3.72. The van der Waals surface area contributed by atoms with Crippen LogP contribution < -0.4 is 0 Å². The average Bonchev–Trinajstić information content (AvgIpc) is 2.30. The number of rotatable bonds is 2. The van der Waals surface area contributed by atoms with Crippen LogP contribution in [0, 0.1) is 0 Å². The molecule has 0 aliphatic carbocycles. The Morgan fingerprint density at radius 1 is 1.60 bits per heavy atom. The Balaban J connectivity index is 2.36. The molecule has 0 aromatic rings. The Morgan fingerprint density at radius 2 is 2.30 bits per heavy atom. The Kier molecular flexibility index (Phi) is 2.65. The second-order valence-electron chi connectivity index (χ2n) is 2.69. The third-order valence-corrected chi connectivity index (χ3v) is 1.94. The standard InChI is InChI=1S/C7H14O3/c1-2-5-3-6(9)7(4-8)10-5/h5-9H,2-4H2,1H3/t5-,6-,7+/m0/s1. The van der Waals surface area contributed by atoms with Gasteiger partial charge in [-0.2, -0.15) is 0 Å². The summed E-state index contributed by atoms with van der Waals surface area (Å²) in [5.41, 5.74) is 0. The topological polar surface area (TPSA) is 49.7 Å². The Morgan fingerprint density at radius 3 is 2.60 bits per heavy atom. The van der Waals surface area contributed by atoms with Gasteiger partial charge in [0.15, 0.2) is 0 Å². The molecule has 0 unspecified atom stereocenters. The summed E-state index contributed by atoms with van der Waals surface area (Å²) in [7, 11) is 0. The van der Waals surface area contributed by atoms with E-state index >= 15 is 0 Å². The van der Waals surface area contributed by atoms with Gasteiger partial charge in [-0.05, 0) is 6.42 Å². The normalized spacial score (nSPS) is 40.5. The number of hydrogen-bond acceptors (Lipinski definition) is 3. The van der Waals surface area contributed by atoms with E-state index in [0.717, 1.165) is 6.42 Å². The van der Waals surface area contributed by atoms with Crippen molar-refractivity contribution in [3.63, 3.8) is 0 Å². The van der Waals surface area contributed by atoms with Gasteiger partial charge in [0.2, 0.25) is 0 Å². The molecule has 3 atom stereocenters. The number of hydrogen-bond donors (Lipinski definition) is 2. The van der Waals surface area contributed by atoms with Crippen LogP contribution in [-0.2, 0) is 4.74 Å². The van der Waals surface area contributed by atoms with E-state index in [-0.39, 0.29) is 18.8 Å². The zero-order valence-corrected chi connectivity index (χ0v) is 6.16. The summed E-state index contributed by atoms with van der Waals surface area (Å²) >= 11 is 0. The maximum atomic E-state index is 9.21. The van der Waals surface area contributed by atoms with Crippen LogP contribution in [0.25, 0.3) is 0 Å². The van der Waals surface area contributed by atoms with E-state index < -0.39 is 6.10 Å². The Hall–Kier alpha value is -0.120. The maximum Gasteiger partial charge on any atom is 0.107 e. The van der Waals surface area contributed by atoms with Crippen molar-refractivity contribution in [2.75, 3.05) is 6.61 Å². The van der Waals surface area contributed by atoms with Crippen LogP contribution in [-0.4, -0.2) is 35.1 Å². The van der Waals surface area contributed by atoms with Gasteiger partial charge in [-0.15, -0.1) is 0 Å². The largest absolute Gasteiger partial charge is 0.394 e. The second-order valence-corrected chi connectivity index (χ2v) is 2.69. The van der Waals surface area contributed by atoms with Gasteiger partial charge in [0, 0.05) is 6.42 Å². The number of aliphatic hydroxyl groups excluding tert-OH is 2. The van der Waals surface area contributed by atoms with E-state index in [1.807, 2.05) is 6.92 Å². The highest BCUT2D eigenvalue weighted by atomic mass is 16.5. The maximum absolute atomic E-state index is 9.21. The van der Waals surface area contributed by atoms with Crippen molar-refractivity contribution in [1.29, 1.82) is 0 Å². The van der Waals surface area contributed by atoms with Crippen LogP contribution in [0.2, 0.25) is 0 Å². The van der Waals surface area contributed by atoms with Gasteiger partial charge in [0.25, 0.3) is 0 Å². The lowest BCUT2D eigenvalue weighted by Gasteiger charge is -2.09. The number of aliphatic hydroxyl groups is 2. The zero-order chi connectivity index (χ0) is 7.56. The van der Waals surface area contributed by atoms with Gasteiger partial charge < -0.3 is 14.9 Å². The molecule has 0 radical (unpaired) electrons. The van der Waals surface area contributed by atoms with E-state index in [9.17, 15) is 5.11 Å². The smallest absolute Gasteiger partial charge is 0.107 e. The summed E-state index contributed by atoms with van der Waals surface area (Å²) in [6, 6.07) is 0. The molecule has 0 bridgehead atoms. The Bertz CT molecular complexity index is 105. The minimum atomic E-state index is -0.463. The summed E-state index contributed by atoms with van der Waals surface area (Å²) < 4.78 is 5.27. The van der Waals surface area contributed by atoms with Gasteiger partial charge in [0.05, 0.1) is 18.8 Å². The van der Waals surface area contributed by atoms with Gasteiger partial charge in [-0.1, -0.05) is 6.92 Å². The molecule has 1 aliphatic heterocycles. The first-order chi connectivity index (χ1) is 4.77. The molecule has 1 heterocycles.